The zero-order chi connectivity index (χ0) is 20.2. The number of fused-ring (bicyclic) bond motifs is 1. The van der Waals surface area contributed by atoms with Gasteiger partial charge in [0.1, 0.15) is 22.4 Å². The minimum absolute atomic E-state index is 0.150. The lowest BCUT2D eigenvalue weighted by molar-refractivity contribution is 0.0200. The van der Waals surface area contributed by atoms with E-state index < -0.39 is 23.5 Å². The molecule has 1 N–H and O–H groups in total. The van der Waals surface area contributed by atoms with Gasteiger partial charge in [0.2, 0.25) is 5.88 Å². The van der Waals surface area contributed by atoms with Crippen molar-refractivity contribution in [3.63, 3.8) is 0 Å². The molecule has 0 aliphatic carbocycles. The van der Waals surface area contributed by atoms with Crippen molar-refractivity contribution in [3.05, 3.63) is 17.3 Å². The topological polar surface area (TPSA) is 99.6 Å². The smallest absolute Gasteiger partial charge is 0.444 e. The number of alkyl carbamates (subject to hydrolysis) is 1. The van der Waals surface area contributed by atoms with E-state index in [0.29, 0.717) is 23.2 Å². The third-order valence-corrected chi connectivity index (χ3v) is 4.06. The Bertz CT molecular complexity index is 820. The molecule has 0 atom stereocenters. The molecule has 27 heavy (non-hydrogen) atoms. The lowest BCUT2D eigenvalue weighted by Crippen LogP contribution is -2.33. The van der Waals surface area contributed by atoms with E-state index in [2.05, 4.69) is 15.3 Å². The molecule has 0 saturated heterocycles. The van der Waals surface area contributed by atoms with Gasteiger partial charge < -0.3 is 19.5 Å². The number of nitrogens with one attached hydrogen (secondary N) is 1. The minimum Gasteiger partial charge on any atom is -0.444 e. The summed E-state index contributed by atoms with van der Waals surface area (Å²) in [4.78, 5) is 33.4. The summed E-state index contributed by atoms with van der Waals surface area (Å²) >= 11 is 1.44. The maximum atomic E-state index is 11.9. The van der Waals surface area contributed by atoms with E-state index in [1.807, 2.05) is 26.8 Å². The molecule has 2 aromatic rings. The Morgan fingerprint density at radius 2 is 1.74 bits per heavy atom. The first-order valence-corrected chi connectivity index (χ1v) is 9.36. The number of nitrogens with zero attached hydrogens (tertiary/aromatic N) is 2. The van der Waals surface area contributed by atoms with E-state index in [4.69, 9.17) is 14.2 Å². The molecular formula is C18H25N3O5S. The molecule has 0 bridgehead atoms. The third-order valence-electron chi connectivity index (χ3n) is 2.95. The van der Waals surface area contributed by atoms with Gasteiger partial charge in [-0.3, -0.25) is 0 Å². The van der Waals surface area contributed by atoms with E-state index in [1.165, 1.54) is 17.7 Å². The molecular weight excluding hydrogens is 370 g/mol. The SMILES string of the molecule is CC(C)(C)OC(=O)NCCc1cc2c(OC(=O)OC(C)(C)C)ncnc2s1. The van der Waals surface area contributed by atoms with Crippen LogP contribution in [0.5, 0.6) is 5.88 Å². The van der Waals surface area contributed by atoms with Crippen LogP contribution in [0.1, 0.15) is 46.4 Å². The van der Waals surface area contributed by atoms with Gasteiger partial charge in [0.05, 0.1) is 5.39 Å². The van der Waals surface area contributed by atoms with E-state index >= 15 is 0 Å². The fourth-order valence-electron chi connectivity index (χ4n) is 2.04. The molecule has 2 rings (SSSR count). The number of rotatable bonds is 4. The third kappa shape index (κ3) is 7.01. The minimum atomic E-state index is -0.818. The molecule has 8 nitrogen and oxygen atoms in total. The van der Waals surface area contributed by atoms with Crippen molar-refractivity contribution in [1.29, 1.82) is 0 Å². The predicted octanol–water partition coefficient (Wildman–Crippen LogP) is 4.07. The molecule has 0 radical (unpaired) electrons. The van der Waals surface area contributed by atoms with Crippen molar-refractivity contribution in [3.8, 4) is 5.88 Å². The van der Waals surface area contributed by atoms with E-state index in [0.717, 1.165) is 4.88 Å². The van der Waals surface area contributed by atoms with E-state index in [9.17, 15) is 9.59 Å². The van der Waals surface area contributed by atoms with Crippen LogP contribution in [0.15, 0.2) is 12.4 Å². The summed E-state index contributed by atoms with van der Waals surface area (Å²) in [5.41, 5.74) is -1.19. The average molecular weight is 395 g/mol. The lowest BCUT2D eigenvalue weighted by atomic mass is 10.2. The standard InChI is InChI=1S/C18H25N3O5S/c1-17(2,3)25-15(22)19-8-7-11-9-12-13(20-10-21-14(12)27-11)24-16(23)26-18(4,5)6/h9-10H,7-8H2,1-6H3,(H,19,22). The highest BCUT2D eigenvalue weighted by Crippen LogP contribution is 2.30. The highest BCUT2D eigenvalue weighted by molar-refractivity contribution is 7.18. The summed E-state index contributed by atoms with van der Waals surface area (Å²) in [6, 6.07) is 1.84. The number of ether oxygens (including phenoxy) is 3. The maximum Gasteiger partial charge on any atom is 0.515 e. The summed E-state index contributed by atoms with van der Waals surface area (Å²) in [5.74, 6) is 0.150. The number of aromatic nitrogens is 2. The number of carbonyl (C=O) groups excluding carboxylic acids is 2. The monoisotopic (exact) mass is 395 g/mol. The van der Waals surface area contributed by atoms with Crippen molar-refractivity contribution in [1.82, 2.24) is 15.3 Å². The van der Waals surface area contributed by atoms with Crippen LogP contribution in [0, 0.1) is 0 Å². The van der Waals surface area contributed by atoms with Crippen LogP contribution < -0.4 is 10.1 Å². The zero-order valence-corrected chi connectivity index (χ0v) is 17.2. The van der Waals surface area contributed by atoms with Gasteiger partial charge in [0, 0.05) is 11.4 Å². The van der Waals surface area contributed by atoms with Crippen LogP contribution in [0.25, 0.3) is 10.2 Å². The zero-order valence-electron chi connectivity index (χ0n) is 16.4. The van der Waals surface area contributed by atoms with Crippen LogP contribution in [-0.2, 0) is 15.9 Å². The molecule has 0 spiro atoms. The number of hydrogen-bond acceptors (Lipinski definition) is 8. The molecule has 2 aromatic heterocycles. The lowest BCUT2D eigenvalue weighted by Gasteiger charge is -2.19. The van der Waals surface area contributed by atoms with Gasteiger partial charge in [-0.25, -0.2) is 19.6 Å². The first-order valence-electron chi connectivity index (χ1n) is 8.54. The molecule has 0 unspecified atom stereocenters. The van der Waals surface area contributed by atoms with Gasteiger partial charge in [-0.15, -0.1) is 11.3 Å². The predicted molar refractivity (Wildman–Crippen MR) is 102 cm³/mol. The van der Waals surface area contributed by atoms with Gasteiger partial charge in [0.25, 0.3) is 0 Å². The second kappa shape index (κ2) is 8.08. The van der Waals surface area contributed by atoms with Gasteiger partial charge >= 0.3 is 12.2 Å². The Labute approximate surface area is 162 Å². The van der Waals surface area contributed by atoms with Crippen molar-refractivity contribution in [2.24, 2.45) is 0 Å². The maximum absolute atomic E-state index is 11.9. The Hall–Kier alpha value is -2.42. The quantitative estimate of drug-likeness (QED) is 0.779. The van der Waals surface area contributed by atoms with Gasteiger partial charge in [-0.2, -0.15) is 0 Å². The van der Waals surface area contributed by atoms with Crippen LogP contribution in [0.2, 0.25) is 0 Å². The highest BCUT2D eigenvalue weighted by Gasteiger charge is 2.20. The molecule has 0 saturated carbocycles. The summed E-state index contributed by atoms with van der Waals surface area (Å²) in [6.07, 6.45) is 0.645. The Morgan fingerprint density at radius 3 is 2.37 bits per heavy atom. The Kier molecular flexibility index (Phi) is 6.25. The summed E-state index contributed by atoms with van der Waals surface area (Å²) in [7, 11) is 0. The Morgan fingerprint density at radius 1 is 1.07 bits per heavy atom. The summed E-state index contributed by atoms with van der Waals surface area (Å²) in [5, 5.41) is 3.33. The van der Waals surface area contributed by atoms with Crippen LogP contribution in [-0.4, -0.2) is 40.0 Å². The average Bonchev–Trinajstić information content (AvgIpc) is 2.87. The normalized spacial score (nSPS) is 11.9. The van der Waals surface area contributed by atoms with E-state index in [-0.39, 0.29) is 5.88 Å². The fraction of sp³-hybridized carbons (Fsp3) is 0.556. The van der Waals surface area contributed by atoms with Gasteiger partial charge in [-0.05, 0) is 54.0 Å². The summed E-state index contributed by atoms with van der Waals surface area (Å²) < 4.78 is 15.6. The van der Waals surface area contributed by atoms with Crippen molar-refractivity contribution in [2.75, 3.05) is 6.54 Å². The molecule has 0 aromatic carbocycles. The molecule has 0 fully saturated rings. The molecule has 2 heterocycles. The van der Waals surface area contributed by atoms with Crippen molar-refractivity contribution >= 4 is 33.8 Å². The number of amides is 1. The van der Waals surface area contributed by atoms with Gasteiger partial charge in [-0.1, -0.05) is 0 Å². The highest BCUT2D eigenvalue weighted by atomic mass is 32.1. The summed E-state index contributed by atoms with van der Waals surface area (Å²) in [6.45, 7) is 11.1. The molecule has 148 valence electrons. The second-order valence-corrected chi connectivity index (χ2v) is 8.97. The van der Waals surface area contributed by atoms with E-state index in [1.54, 1.807) is 20.8 Å². The van der Waals surface area contributed by atoms with Crippen LogP contribution in [0.4, 0.5) is 9.59 Å². The number of hydrogen-bond donors (Lipinski definition) is 1. The second-order valence-electron chi connectivity index (χ2n) is 7.86. The van der Waals surface area contributed by atoms with Crippen molar-refractivity contribution in [2.45, 2.75) is 59.2 Å². The largest absolute Gasteiger partial charge is 0.515 e. The number of thiophene rings is 1. The van der Waals surface area contributed by atoms with Crippen molar-refractivity contribution < 1.29 is 23.8 Å². The molecule has 1 amide bonds. The van der Waals surface area contributed by atoms with Gasteiger partial charge in [0.15, 0.2) is 0 Å². The molecule has 9 heteroatoms. The Balaban J connectivity index is 2.00. The number of carbonyl (C=O) groups is 2. The van der Waals surface area contributed by atoms with Crippen LogP contribution in [0.3, 0.4) is 0 Å². The molecule has 0 aliphatic rings. The first kappa shape index (κ1) is 20.9. The first-order chi connectivity index (χ1) is 12.4. The van der Waals surface area contributed by atoms with Crippen LogP contribution >= 0.6 is 11.3 Å². The fourth-order valence-corrected chi connectivity index (χ4v) is 3.03. The molecule has 0 aliphatic heterocycles.